The molecule has 1 N–H and O–H groups in total. The summed E-state index contributed by atoms with van der Waals surface area (Å²) in [4.78, 5) is 14.4. The molecule has 2 fully saturated rings. The number of hydrogen-bond acceptors (Lipinski definition) is 3. The number of carbonyl (C=O) groups excluding carboxylic acids is 1. The Morgan fingerprint density at radius 1 is 1.25 bits per heavy atom. The molecular weight excluding hydrogens is 252 g/mol. The van der Waals surface area contributed by atoms with Crippen LogP contribution in [-0.4, -0.2) is 36.5 Å². The zero-order valence-electron chi connectivity index (χ0n) is 12.1. The SMILES string of the molecule is COc1ccc(C(C)N2CCC(NC3CC3)C2=O)cc1. The van der Waals surface area contributed by atoms with Crippen LogP contribution in [0.2, 0.25) is 0 Å². The van der Waals surface area contributed by atoms with E-state index in [0.717, 1.165) is 24.3 Å². The third-order valence-electron chi connectivity index (χ3n) is 4.32. The van der Waals surface area contributed by atoms with Gasteiger partial charge in [0.05, 0.1) is 19.2 Å². The Morgan fingerprint density at radius 3 is 2.55 bits per heavy atom. The van der Waals surface area contributed by atoms with Gasteiger partial charge >= 0.3 is 0 Å². The van der Waals surface area contributed by atoms with Crippen LogP contribution in [0, 0.1) is 0 Å². The molecule has 2 atom stereocenters. The molecule has 0 aromatic heterocycles. The minimum atomic E-state index is 0.0307. The predicted molar refractivity (Wildman–Crippen MR) is 77.7 cm³/mol. The van der Waals surface area contributed by atoms with Crippen molar-refractivity contribution in [1.29, 1.82) is 0 Å². The van der Waals surface area contributed by atoms with Crippen molar-refractivity contribution >= 4 is 5.91 Å². The number of benzene rings is 1. The number of rotatable bonds is 5. The molecule has 1 aromatic carbocycles. The molecule has 2 aliphatic rings. The molecule has 4 nitrogen and oxygen atoms in total. The lowest BCUT2D eigenvalue weighted by atomic mass is 10.1. The Bertz CT molecular complexity index is 482. The van der Waals surface area contributed by atoms with Crippen molar-refractivity contribution in [2.75, 3.05) is 13.7 Å². The van der Waals surface area contributed by atoms with Crippen LogP contribution in [0.25, 0.3) is 0 Å². The summed E-state index contributed by atoms with van der Waals surface area (Å²) >= 11 is 0. The van der Waals surface area contributed by atoms with E-state index in [4.69, 9.17) is 4.74 Å². The summed E-state index contributed by atoms with van der Waals surface area (Å²) in [6, 6.07) is 8.72. The summed E-state index contributed by atoms with van der Waals surface area (Å²) in [5.74, 6) is 1.10. The van der Waals surface area contributed by atoms with Crippen molar-refractivity contribution in [2.45, 2.75) is 44.3 Å². The smallest absolute Gasteiger partial charge is 0.240 e. The zero-order chi connectivity index (χ0) is 14.1. The first-order valence-electron chi connectivity index (χ1n) is 7.39. The van der Waals surface area contributed by atoms with E-state index in [2.05, 4.69) is 12.2 Å². The Hall–Kier alpha value is -1.55. The molecule has 0 spiro atoms. The van der Waals surface area contributed by atoms with Crippen LogP contribution in [0.4, 0.5) is 0 Å². The summed E-state index contributed by atoms with van der Waals surface area (Å²) in [5, 5.41) is 3.45. The highest BCUT2D eigenvalue weighted by Crippen LogP contribution is 2.29. The first-order chi connectivity index (χ1) is 9.69. The van der Waals surface area contributed by atoms with Gasteiger partial charge in [-0.25, -0.2) is 0 Å². The van der Waals surface area contributed by atoms with Gasteiger partial charge in [0.1, 0.15) is 5.75 Å². The number of amides is 1. The summed E-state index contributed by atoms with van der Waals surface area (Å²) in [6.07, 6.45) is 3.37. The third-order valence-corrected chi connectivity index (χ3v) is 4.32. The fraction of sp³-hybridized carbons (Fsp3) is 0.562. The van der Waals surface area contributed by atoms with E-state index in [0.29, 0.717) is 6.04 Å². The van der Waals surface area contributed by atoms with Crippen LogP contribution in [0.1, 0.15) is 37.8 Å². The maximum Gasteiger partial charge on any atom is 0.240 e. The van der Waals surface area contributed by atoms with Crippen LogP contribution in [0.15, 0.2) is 24.3 Å². The van der Waals surface area contributed by atoms with Crippen LogP contribution in [0.5, 0.6) is 5.75 Å². The average molecular weight is 274 g/mol. The number of nitrogens with one attached hydrogen (secondary N) is 1. The van der Waals surface area contributed by atoms with Crippen molar-refractivity contribution < 1.29 is 9.53 Å². The van der Waals surface area contributed by atoms with E-state index in [1.165, 1.54) is 12.8 Å². The molecule has 3 rings (SSSR count). The first kappa shape index (κ1) is 13.4. The summed E-state index contributed by atoms with van der Waals surface area (Å²) in [6.45, 7) is 2.94. The molecule has 108 valence electrons. The van der Waals surface area contributed by atoms with Crippen molar-refractivity contribution in [2.24, 2.45) is 0 Å². The first-order valence-corrected chi connectivity index (χ1v) is 7.39. The topological polar surface area (TPSA) is 41.6 Å². The van der Waals surface area contributed by atoms with Crippen LogP contribution in [0.3, 0.4) is 0 Å². The molecule has 1 aromatic rings. The van der Waals surface area contributed by atoms with E-state index >= 15 is 0 Å². The van der Waals surface area contributed by atoms with E-state index in [9.17, 15) is 4.79 Å². The van der Waals surface area contributed by atoms with Gasteiger partial charge in [0, 0.05) is 12.6 Å². The molecule has 1 saturated heterocycles. The monoisotopic (exact) mass is 274 g/mol. The highest BCUT2D eigenvalue weighted by atomic mass is 16.5. The molecule has 1 aliphatic carbocycles. The fourth-order valence-corrected chi connectivity index (χ4v) is 2.84. The quantitative estimate of drug-likeness (QED) is 0.894. The Balaban J connectivity index is 1.66. The van der Waals surface area contributed by atoms with Crippen molar-refractivity contribution in [3.8, 4) is 5.75 Å². The molecule has 1 saturated carbocycles. The van der Waals surface area contributed by atoms with Gasteiger partial charge in [0.15, 0.2) is 0 Å². The number of likely N-dealkylation sites (tertiary alicyclic amines) is 1. The second-order valence-corrected chi connectivity index (χ2v) is 5.76. The fourth-order valence-electron chi connectivity index (χ4n) is 2.84. The predicted octanol–water partition coefficient (Wildman–Crippen LogP) is 2.11. The van der Waals surface area contributed by atoms with E-state index < -0.39 is 0 Å². The largest absolute Gasteiger partial charge is 0.497 e. The summed E-state index contributed by atoms with van der Waals surface area (Å²) in [7, 11) is 1.66. The van der Waals surface area contributed by atoms with Crippen LogP contribution >= 0.6 is 0 Å². The molecule has 0 radical (unpaired) electrons. The highest BCUT2D eigenvalue weighted by molar-refractivity contribution is 5.84. The second kappa shape index (κ2) is 5.44. The van der Waals surface area contributed by atoms with E-state index in [-0.39, 0.29) is 18.0 Å². The van der Waals surface area contributed by atoms with Crippen LogP contribution in [-0.2, 0) is 4.79 Å². The number of methoxy groups -OCH3 is 1. The van der Waals surface area contributed by atoms with E-state index in [1.54, 1.807) is 7.11 Å². The molecule has 1 aliphatic heterocycles. The second-order valence-electron chi connectivity index (χ2n) is 5.76. The van der Waals surface area contributed by atoms with Crippen molar-refractivity contribution in [3.63, 3.8) is 0 Å². The molecule has 20 heavy (non-hydrogen) atoms. The molecule has 4 heteroatoms. The number of hydrogen-bond donors (Lipinski definition) is 1. The minimum absolute atomic E-state index is 0.0307. The summed E-state index contributed by atoms with van der Waals surface area (Å²) < 4.78 is 5.17. The van der Waals surface area contributed by atoms with Crippen LogP contribution < -0.4 is 10.1 Å². The molecular formula is C16H22N2O2. The van der Waals surface area contributed by atoms with Gasteiger partial charge in [-0.05, 0) is 43.9 Å². The van der Waals surface area contributed by atoms with Crippen molar-refractivity contribution in [3.05, 3.63) is 29.8 Å². The zero-order valence-corrected chi connectivity index (χ0v) is 12.1. The highest BCUT2D eigenvalue weighted by Gasteiger charge is 2.37. The maximum absolute atomic E-state index is 12.4. The molecule has 0 bridgehead atoms. The Morgan fingerprint density at radius 2 is 1.95 bits per heavy atom. The molecule has 1 heterocycles. The number of carbonyl (C=O) groups is 1. The molecule has 1 amide bonds. The van der Waals surface area contributed by atoms with Gasteiger partial charge in [-0.15, -0.1) is 0 Å². The maximum atomic E-state index is 12.4. The molecule has 2 unspecified atom stereocenters. The normalized spacial score (nSPS) is 24.0. The average Bonchev–Trinajstić information content (AvgIpc) is 3.23. The van der Waals surface area contributed by atoms with Gasteiger partial charge in [0.25, 0.3) is 0 Å². The van der Waals surface area contributed by atoms with Gasteiger partial charge < -0.3 is 15.0 Å². The van der Waals surface area contributed by atoms with Gasteiger partial charge in [-0.2, -0.15) is 0 Å². The van der Waals surface area contributed by atoms with Crippen molar-refractivity contribution in [1.82, 2.24) is 10.2 Å². The van der Waals surface area contributed by atoms with E-state index in [1.807, 2.05) is 29.2 Å². The Labute approximate surface area is 120 Å². The lowest BCUT2D eigenvalue weighted by Gasteiger charge is -2.25. The number of ether oxygens (including phenoxy) is 1. The standard InChI is InChI=1S/C16H22N2O2/c1-11(12-3-7-14(20-2)8-4-12)18-10-9-15(16(18)19)17-13-5-6-13/h3-4,7-8,11,13,15,17H,5-6,9-10H2,1-2H3. The van der Waals surface area contributed by atoms with Gasteiger partial charge in [-0.3, -0.25) is 4.79 Å². The Kier molecular flexibility index (Phi) is 3.66. The van der Waals surface area contributed by atoms with Gasteiger partial charge in [-0.1, -0.05) is 12.1 Å². The summed E-state index contributed by atoms with van der Waals surface area (Å²) in [5.41, 5.74) is 1.16. The lowest BCUT2D eigenvalue weighted by Crippen LogP contribution is -2.40. The minimum Gasteiger partial charge on any atom is -0.497 e. The van der Waals surface area contributed by atoms with Gasteiger partial charge in [0.2, 0.25) is 5.91 Å². The number of nitrogens with zero attached hydrogens (tertiary/aromatic N) is 1. The third kappa shape index (κ3) is 2.66. The lowest BCUT2D eigenvalue weighted by molar-refractivity contribution is -0.131.